The molecule has 0 unspecified atom stereocenters. The lowest BCUT2D eigenvalue weighted by atomic mass is 10.3. The molecular weight excluding hydrogens is 148 g/mol. The van der Waals surface area contributed by atoms with Gasteiger partial charge in [0.25, 0.3) is 0 Å². The molecule has 0 radical (unpaired) electrons. The van der Waals surface area contributed by atoms with Crippen LogP contribution in [0.3, 0.4) is 0 Å². The predicted octanol–water partition coefficient (Wildman–Crippen LogP) is -0.698. The Hall–Kier alpha value is -1.10. The fourth-order valence-corrected chi connectivity index (χ4v) is 0.253. The van der Waals surface area contributed by atoms with Crippen LogP contribution in [0.5, 0.6) is 0 Å². The maximum atomic E-state index is 9.70. The number of carbonyl (C=O) groups is 2. The molecule has 0 atom stereocenters. The van der Waals surface area contributed by atoms with E-state index in [0.29, 0.717) is 13.0 Å². The Balaban J connectivity index is 0. The first kappa shape index (κ1) is 12.6. The summed E-state index contributed by atoms with van der Waals surface area (Å²) in [7, 11) is 0. The minimum Gasteiger partial charge on any atom is -0.481 e. The zero-order valence-corrected chi connectivity index (χ0v) is 6.54. The normalized spacial score (nSPS) is 7.82. The van der Waals surface area contributed by atoms with Gasteiger partial charge in [0.15, 0.2) is 0 Å². The second-order valence-corrected chi connectivity index (χ2v) is 1.90. The van der Waals surface area contributed by atoms with Crippen molar-refractivity contribution in [2.45, 2.75) is 19.8 Å². The number of hydrogen-bond donors (Lipinski definition) is 3. The Morgan fingerprint density at radius 1 is 1.45 bits per heavy atom. The molecular formula is C6H14N2O3. The molecule has 0 aromatic heterocycles. The van der Waals surface area contributed by atoms with E-state index < -0.39 is 5.97 Å². The minimum absolute atomic E-state index is 0.191. The van der Waals surface area contributed by atoms with Gasteiger partial charge in [-0.1, -0.05) is 0 Å². The third-order valence-corrected chi connectivity index (χ3v) is 0.595. The molecule has 0 aliphatic heterocycles. The minimum atomic E-state index is -0.773. The van der Waals surface area contributed by atoms with Gasteiger partial charge in [-0.05, 0) is 13.0 Å². The highest BCUT2D eigenvalue weighted by atomic mass is 16.4. The highest BCUT2D eigenvalue weighted by molar-refractivity contribution is 5.70. The molecule has 0 spiro atoms. The smallest absolute Gasteiger partial charge is 0.303 e. The molecule has 11 heavy (non-hydrogen) atoms. The van der Waals surface area contributed by atoms with Gasteiger partial charge >= 0.3 is 5.97 Å². The quantitative estimate of drug-likeness (QED) is 0.510. The highest BCUT2D eigenvalue weighted by Crippen LogP contribution is 1.82. The number of hydrogen-bond acceptors (Lipinski definition) is 3. The Kier molecular flexibility index (Phi) is 10.2. The summed E-state index contributed by atoms with van der Waals surface area (Å²) in [6.45, 7) is 1.77. The van der Waals surface area contributed by atoms with Crippen LogP contribution in [0.1, 0.15) is 19.8 Å². The summed E-state index contributed by atoms with van der Waals surface area (Å²) in [4.78, 5) is 18.9. The molecule has 0 saturated carbocycles. The summed E-state index contributed by atoms with van der Waals surface area (Å²) in [5.74, 6) is -1.11. The van der Waals surface area contributed by atoms with E-state index in [0.717, 1.165) is 0 Å². The van der Waals surface area contributed by atoms with E-state index in [1.54, 1.807) is 0 Å². The van der Waals surface area contributed by atoms with Crippen molar-refractivity contribution in [3.63, 3.8) is 0 Å². The number of aliphatic carboxylic acids is 1. The largest absolute Gasteiger partial charge is 0.481 e. The second-order valence-electron chi connectivity index (χ2n) is 1.90. The van der Waals surface area contributed by atoms with Crippen LogP contribution in [0.2, 0.25) is 0 Å². The summed E-state index contributed by atoms with van der Waals surface area (Å²) in [6.07, 6.45) is 0.770. The van der Waals surface area contributed by atoms with E-state index in [1.807, 2.05) is 0 Å². The lowest BCUT2D eigenvalue weighted by Gasteiger charge is -1.86. The SMILES string of the molecule is CC(N)=O.NCCCC(=O)O. The summed E-state index contributed by atoms with van der Waals surface area (Å²) >= 11 is 0. The fraction of sp³-hybridized carbons (Fsp3) is 0.667. The summed E-state index contributed by atoms with van der Waals surface area (Å²) in [6, 6.07) is 0. The Labute approximate surface area is 65.4 Å². The van der Waals surface area contributed by atoms with Gasteiger partial charge < -0.3 is 16.6 Å². The topological polar surface area (TPSA) is 106 Å². The molecule has 5 nitrogen and oxygen atoms in total. The standard InChI is InChI=1S/C4H9NO2.C2H5NO/c5-3-1-2-4(6)7;1-2(3)4/h1-3,5H2,(H,6,7);1H3,(H2,3,4). The van der Waals surface area contributed by atoms with E-state index in [-0.39, 0.29) is 12.3 Å². The van der Waals surface area contributed by atoms with Crippen LogP contribution < -0.4 is 11.5 Å². The average molecular weight is 162 g/mol. The van der Waals surface area contributed by atoms with Gasteiger partial charge in [-0.25, -0.2) is 0 Å². The molecule has 0 aromatic rings. The van der Waals surface area contributed by atoms with Crippen LogP contribution in [0.25, 0.3) is 0 Å². The summed E-state index contributed by atoms with van der Waals surface area (Å²) < 4.78 is 0. The number of rotatable bonds is 3. The number of primary amides is 1. The van der Waals surface area contributed by atoms with Crippen molar-refractivity contribution >= 4 is 11.9 Å². The number of carbonyl (C=O) groups excluding carboxylic acids is 1. The van der Waals surface area contributed by atoms with E-state index in [2.05, 4.69) is 5.73 Å². The van der Waals surface area contributed by atoms with E-state index in [1.165, 1.54) is 6.92 Å². The molecule has 1 amide bonds. The Morgan fingerprint density at radius 3 is 1.91 bits per heavy atom. The van der Waals surface area contributed by atoms with E-state index >= 15 is 0 Å². The first-order valence-electron chi connectivity index (χ1n) is 3.18. The average Bonchev–Trinajstić information content (AvgIpc) is 1.82. The third-order valence-electron chi connectivity index (χ3n) is 0.595. The van der Waals surface area contributed by atoms with Gasteiger partial charge in [-0.2, -0.15) is 0 Å². The second kappa shape index (κ2) is 8.90. The number of nitrogens with two attached hydrogens (primary N) is 2. The van der Waals surface area contributed by atoms with Gasteiger partial charge in [0, 0.05) is 13.3 Å². The van der Waals surface area contributed by atoms with Crippen molar-refractivity contribution in [2.75, 3.05) is 6.54 Å². The van der Waals surface area contributed by atoms with Gasteiger partial charge in [0.05, 0.1) is 0 Å². The molecule has 0 aromatic carbocycles. The molecule has 5 heteroatoms. The van der Waals surface area contributed by atoms with Crippen molar-refractivity contribution in [2.24, 2.45) is 11.5 Å². The van der Waals surface area contributed by atoms with Crippen LogP contribution in [0, 0.1) is 0 Å². The Bertz CT molecular complexity index is 121. The maximum absolute atomic E-state index is 9.70. The molecule has 5 N–H and O–H groups in total. The first-order chi connectivity index (χ1) is 5.00. The lowest BCUT2D eigenvalue weighted by molar-refractivity contribution is -0.137. The molecule has 0 saturated heterocycles. The number of carboxylic acid groups (broad SMARTS) is 1. The zero-order chi connectivity index (χ0) is 9.28. The van der Waals surface area contributed by atoms with Crippen molar-refractivity contribution in [3.8, 4) is 0 Å². The predicted molar refractivity (Wildman–Crippen MR) is 40.8 cm³/mol. The fourth-order valence-electron chi connectivity index (χ4n) is 0.253. The highest BCUT2D eigenvalue weighted by Gasteiger charge is 1.91. The van der Waals surface area contributed by atoms with Crippen LogP contribution in [0.15, 0.2) is 0 Å². The van der Waals surface area contributed by atoms with Gasteiger partial charge in [-0.3, -0.25) is 9.59 Å². The monoisotopic (exact) mass is 162 g/mol. The molecule has 66 valence electrons. The molecule has 0 bridgehead atoms. The zero-order valence-electron chi connectivity index (χ0n) is 6.54. The van der Waals surface area contributed by atoms with Gasteiger partial charge in [0.1, 0.15) is 0 Å². The molecule has 0 heterocycles. The van der Waals surface area contributed by atoms with E-state index in [9.17, 15) is 9.59 Å². The number of amides is 1. The summed E-state index contributed by atoms with van der Waals surface area (Å²) in [5, 5.41) is 7.99. The molecule has 0 aliphatic rings. The Morgan fingerprint density at radius 2 is 1.82 bits per heavy atom. The van der Waals surface area contributed by atoms with Crippen molar-refractivity contribution in [1.82, 2.24) is 0 Å². The maximum Gasteiger partial charge on any atom is 0.303 e. The van der Waals surface area contributed by atoms with Crippen LogP contribution in [-0.4, -0.2) is 23.5 Å². The van der Waals surface area contributed by atoms with Gasteiger partial charge in [0.2, 0.25) is 5.91 Å². The van der Waals surface area contributed by atoms with Crippen molar-refractivity contribution in [3.05, 3.63) is 0 Å². The van der Waals surface area contributed by atoms with E-state index in [4.69, 9.17) is 10.8 Å². The van der Waals surface area contributed by atoms with Crippen LogP contribution in [0.4, 0.5) is 0 Å². The third kappa shape index (κ3) is 50.4. The molecule has 0 aliphatic carbocycles. The first-order valence-corrected chi connectivity index (χ1v) is 3.18. The van der Waals surface area contributed by atoms with Crippen molar-refractivity contribution in [1.29, 1.82) is 0 Å². The summed E-state index contributed by atoms with van der Waals surface area (Å²) in [5.41, 5.74) is 9.49. The molecule has 0 rings (SSSR count). The van der Waals surface area contributed by atoms with Crippen molar-refractivity contribution < 1.29 is 14.7 Å². The van der Waals surface area contributed by atoms with Crippen LogP contribution in [-0.2, 0) is 9.59 Å². The number of carboxylic acids is 1. The van der Waals surface area contributed by atoms with Crippen LogP contribution >= 0.6 is 0 Å². The lowest BCUT2D eigenvalue weighted by Crippen LogP contribution is -2.02. The van der Waals surface area contributed by atoms with Gasteiger partial charge in [-0.15, -0.1) is 0 Å². The molecule has 0 fully saturated rings.